The normalized spacial score (nSPS) is 18.2. The first-order valence-electron chi connectivity index (χ1n) is 7.47. The SMILES string of the molecule is ClCC1(NCc2ccnc3ccccc23)CCCCC1. The first-order valence-corrected chi connectivity index (χ1v) is 8.00. The van der Waals surface area contributed by atoms with Gasteiger partial charge in [-0.1, -0.05) is 37.5 Å². The fourth-order valence-electron chi connectivity index (χ4n) is 3.18. The number of pyridine rings is 1. The molecule has 1 aromatic heterocycles. The summed E-state index contributed by atoms with van der Waals surface area (Å²) >= 11 is 6.25. The van der Waals surface area contributed by atoms with E-state index in [4.69, 9.17) is 11.6 Å². The number of alkyl halides is 1. The molecule has 0 bridgehead atoms. The number of hydrogen-bond acceptors (Lipinski definition) is 2. The molecule has 0 unspecified atom stereocenters. The number of benzene rings is 1. The molecule has 1 aromatic carbocycles. The molecule has 1 N–H and O–H groups in total. The fraction of sp³-hybridized carbons (Fsp3) is 0.471. The summed E-state index contributed by atoms with van der Waals surface area (Å²) in [5.41, 5.74) is 2.51. The van der Waals surface area contributed by atoms with E-state index in [0.717, 1.165) is 12.1 Å². The zero-order valence-electron chi connectivity index (χ0n) is 11.7. The van der Waals surface area contributed by atoms with E-state index in [-0.39, 0.29) is 5.54 Å². The van der Waals surface area contributed by atoms with Crippen molar-refractivity contribution < 1.29 is 0 Å². The molecule has 2 aromatic rings. The molecule has 3 heteroatoms. The van der Waals surface area contributed by atoms with Crippen molar-refractivity contribution in [2.45, 2.75) is 44.2 Å². The predicted octanol–water partition coefficient (Wildman–Crippen LogP) is 4.27. The van der Waals surface area contributed by atoms with Crippen LogP contribution < -0.4 is 5.32 Å². The molecule has 1 saturated carbocycles. The Bertz CT molecular complexity index is 571. The van der Waals surface area contributed by atoms with Crippen molar-refractivity contribution in [2.75, 3.05) is 5.88 Å². The number of nitrogens with one attached hydrogen (secondary N) is 1. The predicted molar refractivity (Wildman–Crippen MR) is 85.1 cm³/mol. The van der Waals surface area contributed by atoms with Gasteiger partial charge in [-0.05, 0) is 30.5 Å². The highest BCUT2D eigenvalue weighted by Gasteiger charge is 2.30. The molecule has 2 nitrogen and oxygen atoms in total. The van der Waals surface area contributed by atoms with Crippen molar-refractivity contribution >= 4 is 22.5 Å². The van der Waals surface area contributed by atoms with E-state index in [2.05, 4.69) is 34.6 Å². The van der Waals surface area contributed by atoms with E-state index in [1.165, 1.54) is 43.1 Å². The van der Waals surface area contributed by atoms with Crippen LogP contribution in [0.25, 0.3) is 10.9 Å². The molecular formula is C17H21ClN2. The first-order chi connectivity index (χ1) is 9.83. The molecule has 0 spiro atoms. The first kappa shape index (κ1) is 13.8. The number of fused-ring (bicyclic) bond motifs is 1. The van der Waals surface area contributed by atoms with Crippen molar-refractivity contribution in [3.05, 3.63) is 42.1 Å². The highest BCUT2D eigenvalue weighted by molar-refractivity contribution is 6.18. The molecule has 0 amide bonds. The Hall–Kier alpha value is -1.12. The van der Waals surface area contributed by atoms with Gasteiger partial charge in [0.2, 0.25) is 0 Å². The Morgan fingerprint density at radius 2 is 1.90 bits per heavy atom. The number of para-hydroxylation sites is 1. The van der Waals surface area contributed by atoms with Gasteiger partial charge in [-0.15, -0.1) is 11.6 Å². The summed E-state index contributed by atoms with van der Waals surface area (Å²) < 4.78 is 0. The highest BCUT2D eigenvalue weighted by Crippen LogP contribution is 2.30. The van der Waals surface area contributed by atoms with Gasteiger partial charge in [0.15, 0.2) is 0 Å². The maximum absolute atomic E-state index is 6.25. The second-order valence-corrected chi connectivity index (χ2v) is 6.08. The number of rotatable bonds is 4. The molecule has 1 heterocycles. The quantitative estimate of drug-likeness (QED) is 0.850. The average molecular weight is 289 g/mol. The van der Waals surface area contributed by atoms with E-state index >= 15 is 0 Å². The second-order valence-electron chi connectivity index (χ2n) is 5.82. The molecular weight excluding hydrogens is 268 g/mol. The van der Waals surface area contributed by atoms with Crippen molar-refractivity contribution in [2.24, 2.45) is 0 Å². The van der Waals surface area contributed by atoms with Gasteiger partial charge in [-0.3, -0.25) is 4.98 Å². The minimum Gasteiger partial charge on any atom is -0.306 e. The van der Waals surface area contributed by atoms with Crippen molar-refractivity contribution in [1.82, 2.24) is 10.3 Å². The van der Waals surface area contributed by atoms with Crippen LogP contribution in [0.15, 0.2) is 36.5 Å². The molecule has 1 fully saturated rings. The molecule has 20 heavy (non-hydrogen) atoms. The van der Waals surface area contributed by atoms with Gasteiger partial charge in [-0.2, -0.15) is 0 Å². The van der Waals surface area contributed by atoms with Gasteiger partial charge in [0, 0.05) is 29.5 Å². The van der Waals surface area contributed by atoms with Crippen LogP contribution >= 0.6 is 11.6 Å². The lowest BCUT2D eigenvalue weighted by Gasteiger charge is -2.36. The zero-order valence-corrected chi connectivity index (χ0v) is 12.5. The number of aromatic nitrogens is 1. The largest absolute Gasteiger partial charge is 0.306 e. The Morgan fingerprint density at radius 1 is 1.10 bits per heavy atom. The molecule has 0 saturated heterocycles. The minimum atomic E-state index is 0.129. The van der Waals surface area contributed by atoms with Gasteiger partial charge in [0.25, 0.3) is 0 Å². The van der Waals surface area contributed by atoms with E-state index in [1.807, 2.05) is 12.3 Å². The van der Waals surface area contributed by atoms with Crippen LogP contribution in [0.3, 0.4) is 0 Å². The Kier molecular flexibility index (Phi) is 4.23. The van der Waals surface area contributed by atoms with Gasteiger partial charge in [0.1, 0.15) is 0 Å². The highest BCUT2D eigenvalue weighted by atomic mass is 35.5. The second kappa shape index (κ2) is 6.11. The molecule has 0 atom stereocenters. The molecule has 3 rings (SSSR count). The summed E-state index contributed by atoms with van der Waals surface area (Å²) in [5.74, 6) is 0.704. The standard InChI is InChI=1S/C17H21ClN2/c18-13-17(9-4-1-5-10-17)20-12-14-8-11-19-16-7-3-2-6-15(14)16/h2-3,6-8,11,20H,1,4-5,9-10,12-13H2. The Balaban J connectivity index is 1.79. The number of nitrogens with zero attached hydrogens (tertiary/aromatic N) is 1. The van der Waals surface area contributed by atoms with Gasteiger partial charge < -0.3 is 5.32 Å². The van der Waals surface area contributed by atoms with E-state index < -0.39 is 0 Å². The summed E-state index contributed by atoms with van der Waals surface area (Å²) in [7, 11) is 0. The monoisotopic (exact) mass is 288 g/mol. The van der Waals surface area contributed by atoms with E-state index in [1.54, 1.807) is 0 Å². The van der Waals surface area contributed by atoms with Crippen molar-refractivity contribution in [1.29, 1.82) is 0 Å². The summed E-state index contributed by atoms with van der Waals surface area (Å²) in [5, 5.41) is 4.97. The van der Waals surface area contributed by atoms with Crippen LogP contribution in [-0.4, -0.2) is 16.4 Å². The van der Waals surface area contributed by atoms with Crippen LogP contribution in [0, 0.1) is 0 Å². The third-order valence-electron chi connectivity index (χ3n) is 4.46. The lowest BCUT2D eigenvalue weighted by molar-refractivity contribution is 0.257. The van der Waals surface area contributed by atoms with Gasteiger partial charge in [-0.25, -0.2) is 0 Å². The third-order valence-corrected chi connectivity index (χ3v) is 4.97. The summed E-state index contributed by atoms with van der Waals surface area (Å²) in [6.07, 6.45) is 8.21. The lowest BCUT2D eigenvalue weighted by Crippen LogP contribution is -2.48. The molecule has 1 aliphatic carbocycles. The molecule has 106 valence electrons. The van der Waals surface area contributed by atoms with Crippen LogP contribution in [0.5, 0.6) is 0 Å². The Labute approximate surface area is 125 Å². The topological polar surface area (TPSA) is 24.9 Å². The van der Waals surface area contributed by atoms with Crippen molar-refractivity contribution in [3.63, 3.8) is 0 Å². The molecule has 1 aliphatic rings. The van der Waals surface area contributed by atoms with Crippen LogP contribution in [0.2, 0.25) is 0 Å². The van der Waals surface area contributed by atoms with E-state index in [9.17, 15) is 0 Å². The lowest BCUT2D eigenvalue weighted by atomic mass is 9.83. The van der Waals surface area contributed by atoms with Crippen LogP contribution in [0.4, 0.5) is 0 Å². The van der Waals surface area contributed by atoms with E-state index in [0.29, 0.717) is 5.88 Å². The van der Waals surface area contributed by atoms with Gasteiger partial charge >= 0.3 is 0 Å². The number of halogens is 1. The summed E-state index contributed by atoms with van der Waals surface area (Å²) in [6.45, 7) is 0.871. The maximum Gasteiger partial charge on any atom is 0.0705 e. The molecule has 0 aliphatic heterocycles. The fourth-order valence-corrected chi connectivity index (χ4v) is 3.54. The van der Waals surface area contributed by atoms with Crippen LogP contribution in [0.1, 0.15) is 37.7 Å². The van der Waals surface area contributed by atoms with Gasteiger partial charge in [0.05, 0.1) is 5.52 Å². The average Bonchev–Trinajstić information content (AvgIpc) is 2.54. The number of hydrogen-bond donors (Lipinski definition) is 1. The van der Waals surface area contributed by atoms with Crippen molar-refractivity contribution in [3.8, 4) is 0 Å². The minimum absolute atomic E-state index is 0.129. The zero-order chi connectivity index (χ0) is 13.8. The third kappa shape index (κ3) is 2.82. The summed E-state index contributed by atoms with van der Waals surface area (Å²) in [6, 6.07) is 10.4. The van der Waals surface area contributed by atoms with Crippen LogP contribution in [-0.2, 0) is 6.54 Å². The Morgan fingerprint density at radius 3 is 2.70 bits per heavy atom. The molecule has 0 radical (unpaired) electrons. The summed E-state index contributed by atoms with van der Waals surface area (Å²) in [4.78, 5) is 4.42. The maximum atomic E-state index is 6.25. The smallest absolute Gasteiger partial charge is 0.0705 e.